The molecule has 0 aliphatic heterocycles. The number of hydrogen-bond acceptors (Lipinski definition) is 3. The van der Waals surface area contributed by atoms with Crippen molar-refractivity contribution >= 4 is 16.9 Å². The van der Waals surface area contributed by atoms with Gasteiger partial charge < -0.3 is 9.73 Å². The first-order valence-electron chi connectivity index (χ1n) is 7.96. The first-order chi connectivity index (χ1) is 11.2. The first kappa shape index (κ1) is 14.1. The SMILES string of the molecule is Cc1ccc2c(CC(=O)NC3CCc4cn[nH]c4C3)coc2c1. The maximum absolute atomic E-state index is 12.4. The lowest BCUT2D eigenvalue weighted by atomic mass is 9.93. The summed E-state index contributed by atoms with van der Waals surface area (Å²) in [5.41, 5.74) is 5.35. The van der Waals surface area contributed by atoms with Crippen LogP contribution < -0.4 is 5.32 Å². The van der Waals surface area contributed by atoms with Gasteiger partial charge in [0.05, 0.1) is 18.9 Å². The van der Waals surface area contributed by atoms with Crippen LogP contribution in [-0.2, 0) is 24.1 Å². The van der Waals surface area contributed by atoms with Gasteiger partial charge in [0.25, 0.3) is 0 Å². The van der Waals surface area contributed by atoms with E-state index < -0.39 is 0 Å². The monoisotopic (exact) mass is 309 g/mol. The van der Waals surface area contributed by atoms with Gasteiger partial charge in [0, 0.05) is 29.1 Å². The summed E-state index contributed by atoms with van der Waals surface area (Å²) in [5.74, 6) is 0.0428. The van der Waals surface area contributed by atoms with E-state index in [4.69, 9.17) is 4.42 Å². The zero-order valence-corrected chi connectivity index (χ0v) is 13.1. The molecule has 1 aliphatic rings. The quantitative estimate of drug-likeness (QED) is 0.781. The highest BCUT2D eigenvalue weighted by Gasteiger charge is 2.22. The van der Waals surface area contributed by atoms with Crippen molar-refractivity contribution in [3.05, 3.63) is 53.0 Å². The molecule has 0 radical (unpaired) electrons. The molecule has 5 heteroatoms. The summed E-state index contributed by atoms with van der Waals surface area (Å²) in [6, 6.07) is 6.24. The normalized spacial score (nSPS) is 17.2. The topological polar surface area (TPSA) is 70.9 Å². The van der Waals surface area contributed by atoms with Crippen molar-refractivity contribution in [3.8, 4) is 0 Å². The molecule has 0 fully saturated rings. The largest absolute Gasteiger partial charge is 0.464 e. The van der Waals surface area contributed by atoms with Crippen LogP contribution in [0.2, 0.25) is 0 Å². The van der Waals surface area contributed by atoms with E-state index in [1.165, 1.54) is 5.56 Å². The van der Waals surface area contributed by atoms with E-state index in [2.05, 4.69) is 15.5 Å². The summed E-state index contributed by atoms with van der Waals surface area (Å²) in [4.78, 5) is 12.4. The zero-order valence-electron chi connectivity index (χ0n) is 13.1. The van der Waals surface area contributed by atoms with Crippen molar-refractivity contribution in [2.75, 3.05) is 0 Å². The highest BCUT2D eigenvalue weighted by molar-refractivity contribution is 5.88. The van der Waals surface area contributed by atoms with E-state index in [9.17, 15) is 4.79 Å². The Kier molecular flexibility index (Phi) is 3.41. The molecule has 2 N–H and O–H groups in total. The lowest BCUT2D eigenvalue weighted by Crippen LogP contribution is -2.39. The number of furan rings is 1. The Bertz CT molecular complexity index is 862. The number of aryl methyl sites for hydroxylation is 2. The number of amides is 1. The Balaban J connectivity index is 1.44. The third-order valence-electron chi connectivity index (χ3n) is 4.55. The number of nitrogens with zero attached hydrogens (tertiary/aromatic N) is 1. The molecule has 0 saturated heterocycles. The summed E-state index contributed by atoms with van der Waals surface area (Å²) < 4.78 is 5.56. The van der Waals surface area contributed by atoms with Crippen molar-refractivity contribution in [3.63, 3.8) is 0 Å². The highest BCUT2D eigenvalue weighted by atomic mass is 16.3. The lowest BCUT2D eigenvalue weighted by molar-refractivity contribution is -0.121. The Morgan fingerprint density at radius 2 is 2.39 bits per heavy atom. The van der Waals surface area contributed by atoms with E-state index in [0.717, 1.165) is 47.1 Å². The maximum Gasteiger partial charge on any atom is 0.224 e. The molecule has 23 heavy (non-hydrogen) atoms. The number of nitrogens with one attached hydrogen (secondary N) is 2. The molecule has 0 saturated carbocycles. The van der Waals surface area contributed by atoms with Gasteiger partial charge in [-0.05, 0) is 37.0 Å². The van der Waals surface area contributed by atoms with Crippen LogP contribution in [0.15, 0.2) is 35.1 Å². The third-order valence-corrected chi connectivity index (χ3v) is 4.55. The molecule has 118 valence electrons. The summed E-state index contributed by atoms with van der Waals surface area (Å²) in [5, 5.41) is 11.2. The molecular weight excluding hydrogens is 290 g/mol. The molecular formula is C18H19N3O2. The third kappa shape index (κ3) is 2.74. The zero-order chi connectivity index (χ0) is 15.8. The predicted octanol–water partition coefficient (Wildman–Crippen LogP) is 2.68. The van der Waals surface area contributed by atoms with E-state index in [1.54, 1.807) is 6.26 Å². The van der Waals surface area contributed by atoms with Gasteiger partial charge in [-0.1, -0.05) is 12.1 Å². The number of carbonyl (C=O) groups is 1. The van der Waals surface area contributed by atoms with Gasteiger partial charge in [-0.15, -0.1) is 0 Å². The van der Waals surface area contributed by atoms with E-state index in [1.807, 2.05) is 31.3 Å². The molecule has 0 spiro atoms. The fourth-order valence-electron chi connectivity index (χ4n) is 3.31. The summed E-state index contributed by atoms with van der Waals surface area (Å²) in [7, 11) is 0. The first-order valence-corrected chi connectivity index (χ1v) is 7.96. The molecule has 1 aromatic carbocycles. The van der Waals surface area contributed by atoms with Crippen molar-refractivity contribution in [1.29, 1.82) is 0 Å². The number of rotatable bonds is 3. The van der Waals surface area contributed by atoms with Crippen molar-refractivity contribution in [2.24, 2.45) is 0 Å². The van der Waals surface area contributed by atoms with Gasteiger partial charge in [-0.2, -0.15) is 5.10 Å². The Labute approximate surface area is 134 Å². The molecule has 5 nitrogen and oxygen atoms in total. The molecule has 4 rings (SSSR count). The van der Waals surface area contributed by atoms with Crippen LogP contribution in [-0.4, -0.2) is 22.1 Å². The van der Waals surface area contributed by atoms with Crippen LogP contribution in [0.5, 0.6) is 0 Å². The maximum atomic E-state index is 12.4. The van der Waals surface area contributed by atoms with Crippen LogP contribution in [0.4, 0.5) is 0 Å². The Morgan fingerprint density at radius 3 is 3.30 bits per heavy atom. The number of benzene rings is 1. The number of aromatic amines is 1. The van der Waals surface area contributed by atoms with Crippen LogP contribution in [0.1, 0.15) is 28.8 Å². The van der Waals surface area contributed by atoms with E-state index in [-0.39, 0.29) is 11.9 Å². The van der Waals surface area contributed by atoms with Gasteiger partial charge in [0.2, 0.25) is 5.91 Å². The van der Waals surface area contributed by atoms with Gasteiger partial charge in [0.15, 0.2) is 0 Å². The fraction of sp³-hybridized carbons (Fsp3) is 0.333. The second-order valence-corrected chi connectivity index (χ2v) is 6.32. The highest BCUT2D eigenvalue weighted by Crippen LogP contribution is 2.23. The molecule has 0 bridgehead atoms. The minimum atomic E-state index is 0.0428. The van der Waals surface area contributed by atoms with Gasteiger partial charge in [-0.25, -0.2) is 0 Å². The second kappa shape index (κ2) is 5.57. The Morgan fingerprint density at radius 1 is 1.48 bits per heavy atom. The van der Waals surface area contributed by atoms with E-state index >= 15 is 0 Å². The van der Waals surface area contributed by atoms with Gasteiger partial charge >= 0.3 is 0 Å². The molecule has 3 aromatic rings. The molecule has 1 atom stereocenters. The molecule has 2 heterocycles. The standard InChI is InChI=1S/C18H19N3O2/c1-11-2-5-15-13(10-23-17(15)6-11)7-18(22)20-14-4-3-12-9-19-21-16(12)8-14/h2,5-6,9-10,14H,3-4,7-8H2,1H3,(H,19,21)(H,20,22). The van der Waals surface area contributed by atoms with Crippen LogP contribution in [0.3, 0.4) is 0 Å². The van der Waals surface area contributed by atoms with Crippen LogP contribution >= 0.6 is 0 Å². The fourth-order valence-corrected chi connectivity index (χ4v) is 3.31. The molecule has 1 amide bonds. The number of hydrogen-bond donors (Lipinski definition) is 2. The number of aromatic nitrogens is 2. The smallest absolute Gasteiger partial charge is 0.224 e. The number of carbonyl (C=O) groups excluding carboxylic acids is 1. The molecule has 2 aromatic heterocycles. The number of fused-ring (bicyclic) bond motifs is 2. The Hall–Kier alpha value is -2.56. The van der Waals surface area contributed by atoms with Crippen molar-refractivity contribution in [1.82, 2.24) is 15.5 Å². The van der Waals surface area contributed by atoms with Crippen molar-refractivity contribution < 1.29 is 9.21 Å². The summed E-state index contributed by atoms with van der Waals surface area (Å²) in [6.07, 6.45) is 6.67. The van der Waals surface area contributed by atoms with Gasteiger partial charge in [-0.3, -0.25) is 9.89 Å². The minimum absolute atomic E-state index is 0.0428. The van der Waals surface area contributed by atoms with Crippen LogP contribution in [0.25, 0.3) is 11.0 Å². The van der Waals surface area contributed by atoms with E-state index in [0.29, 0.717) is 6.42 Å². The average Bonchev–Trinajstić information content (AvgIpc) is 3.13. The average molecular weight is 309 g/mol. The lowest BCUT2D eigenvalue weighted by Gasteiger charge is -2.22. The second-order valence-electron chi connectivity index (χ2n) is 6.32. The number of H-pyrrole nitrogens is 1. The summed E-state index contributed by atoms with van der Waals surface area (Å²) in [6.45, 7) is 2.03. The predicted molar refractivity (Wildman–Crippen MR) is 87.2 cm³/mol. The summed E-state index contributed by atoms with van der Waals surface area (Å²) >= 11 is 0. The minimum Gasteiger partial charge on any atom is -0.464 e. The van der Waals surface area contributed by atoms with Crippen molar-refractivity contribution in [2.45, 2.75) is 38.6 Å². The van der Waals surface area contributed by atoms with Crippen LogP contribution in [0, 0.1) is 6.92 Å². The molecule has 1 unspecified atom stereocenters. The molecule has 1 aliphatic carbocycles. The van der Waals surface area contributed by atoms with Gasteiger partial charge in [0.1, 0.15) is 5.58 Å².